The van der Waals surface area contributed by atoms with E-state index in [1.54, 1.807) is 57.2 Å². The molecular weight excluding hydrogens is 819 g/mol. The molecule has 3 heterocycles. The van der Waals surface area contributed by atoms with Crippen LogP contribution in [-0.2, 0) is 28.5 Å². The second-order valence-corrected chi connectivity index (χ2v) is 17.2. The first kappa shape index (κ1) is 54.0. The fraction of sp³-hybridized carbons (Fsp3) is 0.660. The fourth-order valence-corrected chi connectivity index (χ4v) is 7.87. The molecule has 11 N–H and O–H groups in total. The SMILES string of the molecule is CC1OC(O[C@H]2/C=C/C=C/C=C/C=C/C=C/C=C/C=C/[C@H](C)[C@@H](O)[C@@H](C)[C@H](C)OC(=O)C[C@H](O)C[C@H](O)CC[C@@H](O)CCCC[C@]3(O)C[C@H](O)[C@@H](C(=O)O)[C@H](C2)O3)C(O)C(N)C1O. The highest BCUT2D eigenvalue weighted by Crippen LogP contribution is 2.38. The first-order valence-electron chi connectivity index (χ1n) is 22.2. The number of aliphatic hydroxyl groups excluding tert-OH is 7. The van der Waals surface area contributed by atoms with Gasteiger partial charge in [0.15, 0.2) is 12.1 Å². The van der Waals surface area contributed by atoms with Gasteiger partial charge in [0.05, 0.1) is 67.4 Å². The van der Waals surface area contributed by atoms with Crippen LogP contribution in [0.1, 0.15) is 91.9 Å². The van der Waals surface area contributed by atoms with Crippen LogP contribution in [0.2, 0.25) is 0 Å². The van der Waals surface area contributed by atoms with Gasteiger partial charge in [0.25, 0.3) is 0 Å². The number of ether oxygens (including phenoxy) is 4. The maximum Gasteiger partial charge on any atom is 0.311 e. The van der Waals surface area contributed by atoms with Gasteiger partial charge in [-0.1, -0.05) is 105 Å². The summed E-state index contributed by atoms with van der Waals surface area (Å²) in [6.07, 6.45) is 12.3. The number of allylic oxidation sites excluding steroid dienone is 12. The predicted molar refractivity (Wildman–Crippen MR) is 234 cm³/mol. The number of carbonyl (C=O) groups is 2. The monoisotopic (exact) mass is 891 g/mol. The molecule has 0 aromatic rings. The third-order valence-electron chi connectivity index (χ3n) is 11.9. The van der Waals surface area contributed by atoms with Crippen LogP contribution in [0.3, 0.4) is 0 Å². The zero-order chi connectivity index (χ0) is 46.7. The number of carboxylic acid groups (broad SMARTS) is 1. The molecule has 0 aliphatic carbocycles. The molecule has 16 heteroatoms. The summed E-state index contributed by atoms with van der Waals surface area (Å²) in [7, 11) is 0. The van der Waals surface area contributed by atoms with Gasteiger partial charge in [-0.3, -0.25) is 9.59 Å². The summed E-state index contributed by atoms with van der Waals surface area (Å²) in [5, 5.41) is 96.4. The number of esters is 1. The molecule has 0 aromatic carbocycles. The van der Waals surface area contributed by atoms with E-state index >= 15 is 0 Å². The summed E-state index contributed by atoms with van der Waals surface area (Å²) in [6, 6.07) is -1.09. The number of aliphatic hydroxyl groups is 8. The van der Waals surface area contributed by atoms with Crippen LogP contribution in [0.15, 0.2) is 85.1 Å². The number of carboxylic acids is 1. The van der Waals surface area contributed by atoms with E-state index in [0.717, 1.165) is 0 Å². The minimum absolute atomic E-state index is 0.00302. The second-order valence-electron chi connectivity index (χ2n) is 17.2. The molecule has 2 fully saturated rings. The van der Waals surface area contributed by atoms with E-state index in [9.17, 15) is 55.5 Å². The largest absolute Gasteiger partial charge is 0.481 e. The van der Waals surface area contributed by atoms with E-state index in [1.807, 2.05) is 55.5 Å². The lowest BCUT2D eigenvalue weighted by Gasteiger charge is -2.44. The number of aliphatic carboxylic acids is 1. The highest BCUT2D eigenvalue weighted by Gasteiger charge is 2.50. The second kappa shape index (κ2) is 27.2. The van der Waals surface area contributed by atoms with Crippen LogP contribution >= 0.6 is 0 Å². The molecule has 0 saturated carbocycles. The van der Waals surface area contributed by atoms with Crippen molar-refractivity contribution in [2.45, 2.75) is 177 Å². The number of carbonyl (C=O) groups excluding carboxylic acids is 1. The minimum atomic E-state index is -1.92. The molecular formula is C47H73NO15. The molecule has 3 aliphatic rings. The third kappa shape index (κ3) is 18.6. The molecule has 3 aliphatic heterocycles. The van der Waals surface area contributed by atoms with Gasteiger partial charge in [-0.2, -0.15) is 0 Å². The van der Waals surface area contributed by atoms with E-state index < -0.39 is 109 Å². The summed E-state index contributed by atoms with van der Waals surface area (Å²) in [4.78, 5) is 25.0. The van der Waals surface area contributed by atoms with E-state index in [2.05, 4.69) is 0 Å². The fourth-order valence-electron chi connectivity index (χ4n) is 7.87. The Balaban J connectivity index is 1.80. The number of nitrogens with two attached hydrogens (primary N) is 1. The average molecular weight is 892 g/mol. The highest BCUT2D eigenvalue weighted by atomic mass is 16.7. The zero-order valence-electron chi connectivity index (χ0n) is 36.9. The van der Waals surface area contributed by atoms with Gasteiger partial charge in [-0.15, -0.1) is 0 Å². The summed E-state index contributed by atoms with van der Waals surface area (Å²) >= 11 is 0. The van der Waals surface area contributed by atoms with E-state index in [4.69, 9.17) is 24.7 Å². The van der Waals surface area contributed by atoms with Crippen LogP contribution in [0, 0.1) is 17.8 Å². The van der Waals surface area contributed by atoms with Crippen molar-refractivity contribution in [3.8, 4) is 0 Å². The van der Waals surface area contributed by atoms with Gasteiger partial charge in [0.1, 0.15) is 18.1 Å². The van der Waals surface area contributed by atoms with Crippen molar-refractivity contribution < 1.29 is 74.5 Å². The molecule has 16 nitrogen and oxygen atoms in total. The van der Waals surface area contributed by atoms with Crippen LogP contribution in [0.4, 0.5) is 0 Å². The van der Waals surface area contributed by atoms with Crippen LogP contribution in [0.25, 0.3) is 0 Å². The molecule has 5 unspecified atom stereocenters. The van der Waals surface area contributed by atoms with Gasteiger partial charge in [0, 0.05) is 31.1 Å². The molecule has 2 bridgehead atoms. The lowest BCUT2D eigenvalue weighted by Crippen LogP contribution is -2.61. The first-order chi connectivity index (χ1) is 29.8. The summed E-state index contributed by atoms with van der Waals surface area (Å²) in [6.45, 7) is 6.88. The maximum atomic E-state index is 12.6. The number of fused-ring (bicyclic) bond motifs is 2. The van der Waals surface area contributed by atoms with Crippen molar-refractivity contribution in [2.75, 3.05) is 0 Å². The van der Waals surface area contributed by atoms with E-state index in [-0.39, 0.29) is 50.9 Å². The number of rotatable bonds is 3. The zero-order valence-corrected chi connectivity index (χ0v) is 36.9. The Morgan fingerprint density at radius 3 is 1.89 bits per heavy atom. The molecule has 356 valence electrons. The van der Waals surface area contributed by atoms with Crippen molar-refractivity contribution in [1.82, 2.24) is 0 Å². The predicted octanol–water partition coefficient (Wildman–Crippen LogP) is 2.77. The quantitative estimate of drug-likeness (QED) is 0.182. The molecule has 3 rings (SSSR count). The molecule has 0 spiro atoms. The van der Waals surface area contributed by atoms with Crippen LogP contribution < -0.4 is 5.73 Å². The number of cyclic esters (lactones) is 1. The van der Waals surface area contributed by atoms with Crippen molar-refractivity contribution in [3.63, 3.8) is 0 Å². The minimum Gasteiger partial charge on any atom is -0.481 e. The molecule has 0 aromatic heterocycles. The summed E-state index contributed by atoms with van der Waals surface area (Å²) in [5.41, 5.74) is 6.04. The van der Waals surface area contributed by atoms with Gasteiger partial charge in [-0.05, 0) is 46.0 Å². The van der Waals surface area contributed by atoms with Gasteiger partial charge < -0.3 is 70.6 Å². The Morgan fingerprint density at radius 1 is 0.714 bits per heavy atom. The van der Waals surface area contributed by atoms with Crippen molar-refractivity contribution in [3.05, 3.63) is 85.1 Å². The van der Waals surface area contributed by atoms with Gasteiger partial charge in [-0.25, -0.2) is 0 Å². The Hall–Kier alpha value is -3.36. The maximum absolute atomic E-state index is 12.6. The Morgan fingerprint density at radius 2 is 1.29 bits per heavy atom. The Kier molecular flexibility index (Phi) is 23.3. The van der Waals surface area contributed by atoms with E-state index in [0.29, 0.717) is 19.3 Å². The van der Waals surface area contributed by atoms with Gasteiger partial charge >= 0.3 is 11.9 Å². The number of hydrogen-bond acceptors (Lipinski definition) is 15. The van der Waals surface area contributed by atoms with Crippen LogP contribution in [-0.4, -0.2) is 143 Å². The van der Waals surface area contributed by atoms with Crippen molar-refractivity contribution >= 4 is 11.9 Å². The lowest BCUT2D eigenvalue weighted by molar-refractivity contribution is -0.304. The van der Waals surface area contributed by atoms with E-state index in [1.165, 1.54) is 0 Å². The number of hydrogen-bond donors (Lipinski definition) is 10. The topological polar surface area (TPSA) is 279 Å². The molecule has 63 heavy (non-hydrogen) atoms. The normalized spacial score (nSPS) is 44.2. The lowest BCUT2D eigenvalue weighted by atomic mass is 9.83. The third-order valence-corrected chi connectivity index (χ3v) is 11.9. The molecule has 2 saturated heterocycles. The first-order valence-corrected chi connectivity index (χ1v) is 22.2. The van der Waals surface area contributed by atoms with Crippen molar-refractivity contribution in [1.29, 1.82) is 0 Å². The summed E-state index contributed by atoms with van der Waals surface area (Å²) in [5.74, 6) is -6.02. The smallest absolute Gasteiger partial charge is 0.311 e. The highest BCUT2D eigenvalue weighted by molar-refractivity contribution is 5.71. The summed E-state index contributed by atoms with van der Waals surface area (Å²) < 4.78 is 23.4. The van der Waals surface area contributed by atoms with Crippen LogP contribution in [0.5, 0.6) is 0 Å². The van der Waals surface area contributed by atoms with Crippen molar-refractivity contribution in [2.24, 2.45) is 23.5 Å². The molecule has 0 radical (unpaired) electrons. The Labute approximate surface area is 371 Å². The standard InChI is InChI=1S/C47H73NO15/c1-29-19-15-13-11-9-7-5-6-8-10-12-14-16-21-36(62-46-44(56)41(48)43(55)32(4)61-46)27-38-40(45(57)58)37(52)28-47(59,63-38)24-18-17-20-33(49)22-23-34(50)25-35(51)26-39(53)60-31(3)30(2)42(29)54/h5-16,19,21,29-38,40-44,46,49-52,54-56,59H,17-18,20,22-28,48H2,1-4H3,(H,57,58)/b6-5+,9-7+,10-8+,13-11+,14-12+,19-15+,21-16+/t29-,30-,31-,32?,33-,34+,35+,36-,37-,38-,40+,41?,42+,43?,44?,46?,47+/m0/s1. The Bertz CT molecular complexity index is 1600. The van der Waals surface area contributed by atoms with Gasteiger partial charge in [0.2, 0.25) is 0 Å². The molecule has 0 amide bonds. The molecule has 17 atom stereocenters. The average Bonchev–Trinajstić information content (AvgIpc) is 3.21.